The Balaban J connectivity index is 1.57. The first-order valence-electron chi connectivity index (χ1n) is 11.5. The predicted molar refractivity (Wildman–Crippen MR) is 139 cm³/mol. The number of nitrogens with zero attached hydrogens (tertiary/aromatic N) is 1. The van der Waals surface area contributed by atoms with Crippen LogP contribution in [0.25, 0.3) is 5.76 Å². The van der Waals surface area contributed by atoms with E-state index in [0.717, 1.165) is 0 Å². The fourth-order valence-corrected chi connectivity index (χ4v) is 4.27. The number of hydrogen-bond acceptors (Lipinski definition) is 6. The maximum Gasteiger partial charge on any atom is 0.300 e. The smallest absolute Gasteiger partial charge is 0.300 e. The summed E-state index contributed by atoms with van der Waals surface area (Å²) < 4.78 is 11.0. The van der Waals surface area contributed by atoms with E-state index in [2.05, 4.69) is 0 Å². The van der Waals surface area contributed by atoms with Gasteiger partial charge in [-0.1, -0.05) is 30.3 Å². The normalized spacial score (nSPS) is 16.6. The minimum absolute atomic E-state index is 0.0401. The number of para-hydroxylation sites is 1. The number of ether oxygens (including phenoxy) is 2. The van der Waals surface area contributed by atoms with Gasteiger partial charge in [-0.2, -0.15) is 0 Å². The number of methoxy groups -OCH3 is 1. The number of carbonyl (C=O) groups is 2. The second-order valence-corrected chi connectivity index (χ2v) is 8.40. The number of carbonyl (C=O) groups excluding carboxylic acids is 2. The topological polar surface area (TPSA) is 96.3 Å². The molecule has 1 aliphatic heterocycles. The Hall–Kier alpha value is -5.04. The number of ketones is 1. The lowest BCUT2D eigenvalue weighted by Crippen LogP contribution is -2.29. The maximum atomic E-state index is 13.3. The summed E-state index contributed by atoms with van der Waals surface area (Å²) in [6, 6.07) is 27.9. The quantitative estimate of drug-likeness (QED) is 0.200. The Bertz CT molecular complexity index is 1460. The summed E-state index contributed by atoms with van der Waals surface area (Å²) >= 11 is 0. The van der Waals surface area contributed by atoms with Crippen molar-refractivity contribution in [3.63, 3.8) is 0 Å². The standard InChI is InChI=1S/C30H23NO6/c1-36-23-15-9-20(10-16-23)28(33)26-27(19-7-13-22(32)14-8-19)31(30(35)29(26)34)21-11-17-25(18-12-21)37-24-5-3-2-4-6-24/h2-18,27,32-33H,1H3/b28-26+. The summed E-state index contributed by atoms with van der Waals surface area (Å²) in [6.45, 7) is 0. The van der Waals surface area contributed by atoms with Crippen LogP contribution in [0.2, 0.25) is 0 Å². The summed E-state index contributed by atoms with van der Waals surface area (Å²) in [7, 11) is 1.53. The minimum Gasteiger partial charge on any atom is -0.508 e. The van der Waals surface area contributed by atoms with Crippen molar-refractivity contribution < 1.29 is 29.3 Å². The third-order valence-corrected chi connectivity index (χ3v) is 6.11. The number of hydrogen-bond donors (Lipinski definition) is 2. The van der Waals surface area contributed by atoms with Crippen LogP contribution in [-0.2, 0) is 9.59 Å². The van der Waals surface area contributed by atoms with Crippen LogP contribution in [0.4, 0.5) is 5.69 Å². The molecule has 7 heteroatoms. The molecule has 1 unspecified atom stereocenters. The van der Waals surface area contributed by atoms with Gasteiger partial charge in [-0.25, -0.2) is 0 Å². The van der Waals surface area contributed by atoms with E-state index < -0.39 is 17.7 Å². The van der Waals surface area contributed by atoms with Gasteiger partial charge in [-0.15, -0.1) is 0 Å². The first-order valence-corrected chi connectivity index (χ1v) is 11.5. The molecular formula is C30H23NO6. The number of aromatic hydroxyl groups is 1. The highest BCUT2D eigenvalue weighted by Gasteiger charge is 2.47. The van der Waals surface area contributed by atoms with Gasteiger partial charge in [0.2, 0.25) is 0 Å². The molecule has 1 amide bonds. The Kier molecular flexibility index (Phi) is 6.34. The van der Waals surface area contributed by atoms with Crippen LogP contribution in [0.3, 0.4) is 0 Å². The minimum atomic E-state index is -0.913. The summed E-state index contributed by atoms with van der Waals surface area (Å²) in [5, 5.41) is 21.0. The van der Waals surface area contributed by atoms with E-state index in [9.17, 15) is 19.8 Å². The Morgan fingerprint density at radius 3 is 1.97 bits per heavy atom. The van der Waals surface area contributed by atoms with E-state index >= 15 is 0 Å². The van der Waals surface area contributed by atoms with Crippen LogP contribution in [0.15, 0.2) is 109 Å². The molecule has 5 rings (SSSR count). The van der Waals surface area contributed by atoms with E-state index in [1.54, 1.807) is 60.7 Å². The van der Waals surface area contributed by atoms with Crippen LogP contribution in [-0.4, -0.2) is 29.0 Å². The van der Waals surface area contributed by atoms with Crippen molar-refractivity contribution >= 4 is 23.1 Å². The van der Waals surface area contributed by atoms with Crippen LogP contribution in [0.5, 0.6) is 23.0 Å². The van der Waals surface area contributed by atoms with Gasteiger partial charge in [0.25, 0.3) is 11.7 Å². The van der Waals surface area contributed by atoms with Gasteiger partial charge in [0.05, 0.1) is 18.7 Å². The fraction of sp³-hybridized carbons (Fsp3) is 0.0667. The van der Waals surface area contributed by atoms with Gasteiger partial charge in [-0.3, -0.25) is 14.5 Å². The zero-order chi connectivity index (χ0) is 25.9. The number of rotatable bonds is 6. The van der Waals surface area contributed by atoms with Crippen LogP contribution >= 0.6 is 0 Å². The summed E-state index contributed by atoms with van der Waals surface area (Å²) in [5.74, 6) is -0.0279. The lowest BCUT2D eigenvalue weighted by atomic mass is 9.95. The Morgan fingerprint density at radius 1 is 0.757 bits per heavy atom. The molecule has 1 fully saturated rings. The molecule has 0 bridgehead atoms. The Morgan fingerprint density at radius 2 is 1.35 bits per heavy atom. The lowest BCUT2D eigenvalue weighted by molar-refractivity contribution is -0.132. The SMILES string of the molecule is COc1ccc(/C(O)=C2\C(=O)C(=O)N(c3ccc(Oc4ccccc4)cc3)C2c2ccc(O)cc2)cc1. The number of anilines is 1. The summed E-state index contributed by atoms with van der Waals surface area (Å²) in [4.78, 5) is 27.9. The highest BCUT2D eigenvalue weighted by molar-refractivity contribution is 6.51. The molecule has 7 nitrogen and oxygen atoms in total. The zero-order valence-electron chi connectivity index (χ0n) is 19.9. The lowest BCUT2D eigenvalue weighted by Gasteiger charge is -2.25. The molecule has 0 radical (unpaired) electrons. The first-order chi connectivity index (χ1) is 18.0. The molecule has 0 aliphatic carbocycles. The van der Waals surface area contributed by atoms with Crippen molar-refractivity contribution in [2.75, 3.05) is 12.0 Å². The second-order valence-electron chi connectivity index (χ2n) is 8.40. The summed E-state index contributed by atoms with van der Waals surface area (Å²) in [6.07, 6.45) is 0. The van der Waals surface area contributed by atoms with E-state index in [1.165, 1.54) is 24.1 Å². The average molecular weight is 494 g/mol. The molecule has 1 aliphatic rings. The zero-order valence-corrected chi connectivity index (χ0v) is 19.9. The molecule has 1 heterocycles. The van der Waals surface area contributed by atoms with Crippen LogP contribution < -0.4 is 14.4 Å². The molecule has 0 spiro atoms. The van der Waals surface area contributed by atoms with Crippen LogP contribution in [0, 0.1) is 0 Å². The molecule has 2 N–H and O–H groups in total. The number of benzene rings is 4. The van der Waals surface area contributed by atoms with Crippen molar-refractivity contribution in [1.29, 1.82) is 0 Å². The van der Waals surface area contributed by atoms with E-state index in [4.69, 9.17) is 9.47 Å². The van der Waals surface area contributed by atoms with Crippen molar-refractivity contribution in [1.82, 2.24) is 0 Å². The third kappa shape index (κ3) is 4.62. The number of aliphatic hydroxyl groups is 1. The predicted octanol–water partition coefficient (Wildman–Crippen LogP) is 5.82. The average Bonchev–Trinajstić information content (AvgIpc) is 3.20. The van der Waals surface area contributed by atoms with E-state index in [1.807, 2.05) is 30.3 Å². The molecule has 0 saturated carbocycles. The highest BCUT2D eigenvalue weighted by Crippen LogP contribution is 2.43. The van der Waals surface area contributed by atoms with Crippen molar-refractivity contribution in [2.24, 2.45) is 0 Å². The molecule has 184 valence electrons. The largest absolute Gasteiger partial charge is 0.508 e. The molecule has 4 aromatic carbocycles. The number of aliphatic hydroxyl groups excluding tert-OH is 1. The Labute approximate surface area is 213 Å². The van der Waals surface area contributed by atoms with Gasteiger partial charge in [0.15, 0.2) is 0 Å². The number of amides is 1. The van der Waals surface area contributed by atoms with Gasteiger partial charge in [0.1, 0.15) is 28.8 Å². The molecule has 4 aromatic rings. The molecule has 37 heavy (non-hydrogen) atoms. The first kappa shape index (κ1) is 23.7. The van der Waals surface area contributed by atoms with Gasteiger partial charge in [0, 0.05) is 11.3 Å². The molecule has 1 atom stereocenters. The van der Waals surface area contributed by atoms with E-state index in [-0.39, 0.29) is 17.1 Å². The van der Waals surface area contributed by atoms with E-state index in [0.29, 0.717) is 34.1 Å². The third-order valence-electron chi connectivity index (χ3n) is 6.11. The van der Waals surface area contributed by atoms with Crippen LogP contribution in [0.1, 0.15) is 17.2 Å². The van der Waals surface area contributed by atoms with Crippen molar-refractivity contribution in [3.05, 3.63) is 120 Å². The number of phenols is 1. The second kappa shape index (κ2) is 9.91. The maximum absolute atomic E-state index is 13.3. The molecule has 1 saturated heterocycles. The summed E-state index contributed by atoms with van der Waals surface area (Å²) in [5.41, 5.74) is 1.32. The number of Topliss-reactive ketones (excluding diaryl/α,β-unsaturated/α-hetero) is 1. The molecule has 0 aromatic heterocycles. The molecular weight excluding hydrogens is 470 g/mol. The monoisotopic (exact) mass is 493 g/mol. The van der Waals surface area contributed by atoms with Gasteiger partial charge < -0.3 is 19.7 Å². The van der Waals surface area contributed by atoms with Gasteiger partial charge >= 0.3 is 0 Å². The van der Waals surface area contributed by atoms with Crippen molar-refractivity contribution in [3.8, 4) is 23.0 Å². The van der Waals surface area contributed by atoms with Gasteiger partial charge in [-0.05, 0) is 78.4 Å². The number of phenolic OH excluding ortho intramolecular Hbond substituents is 1. The fourth-order valence-electron chi connectivity index (χ4n) is 4.27. The highest BCUT2D eigenvalue weighted by atomic mass is 16.5. The van der Waals surface area contributed by atoms with Crippen molar-refractivity contribution in [2.45, 2.75) is 6.04 Å².